The van der Waals surface area contributed by atoms with Gasteiger partial charge in [-0.15, -0.1) is 0 Å². The summed E-state index contributed by atoms with van der Waals surface area (Å²) in [5.41, 5.74) is 0.881. The summed E-state index contributed by atoms with van der Waals surface area (Å²) in [4.78, 5) is 17.7. The third kappa shape index (κ3) is 6.62. The van der Waals surface area contributed by atoms with E-state index < -0.39 is 5.60 Å². The molecule has 9 heteroatoms. The second kappa shape index (κ2) is 12.6. The molecule has 8 nitrogen and oxygen atoms in total. The Morgan fingerprint density at radius 1 is 1.05 bits per heavy atom. The van der Waals surface area contributed by atoms with Crippen LogP contribution in [0.3, 0.4) is 0 Å². The Hall–Kier alpha value is -3.53. The number of hydrogen-bond acceptors (Lipinski definition) is 8. The standard InChI is InChI=1S/C28H33FN2O6/c1-18-15-20(5-7-21(18)29)27-24(35-3)9-10-26(31-27)28(34,17-30-2)12-11-22(33)19-6-8-23(37-14-13-32)25(16-19)36-4/h5-10,15-16,30,32,34H,11-14,17H2,1-4H3. The van der Waals surface area contributed by atoms with Crippen LogP contribution < -0.4 is 19.5 Å². The van der Waals surface area contributed by atoms with Crippen molar-refractivity contribution in [2.24, 2.45) is 0 Å². The van der Waals surface area contributed by atoms with Crippen LogP contribution in [0.4, 0.5) is 4.39 Å². The van der Waals surface area contributed by atoms with Crippen LogP contribution in [-0.2, 0) is 5.60 Å². The average molecular weight is 513 g/mol. The summed E-state index contributed by atoms with van der Waals surface area (Å²) in [7, 11) is 4.69. The third-order valence-electron chi connectivity index (χ3n) is 6.06. The SMILES string of the molecule is CNCC(O)(CCC(=O)c1ccc(OCCO)c(OC)c1)c1ccc(OC)c(-c2ccc(F)c(C)c2)n1. The van der Waals surface area contributed by atoms with Gasteiger partial charge < -0.3 is 29.7 Å². The maximum atomic E-state index is 13.8. The lowest BCUT2D eigenvalue weighted by atomic mass is 9.90. The Labute approximate surface area is 216 Å². The predicted octanol–water partition coefficient (Wildman–Crippen LogP) is 3.65. The van der Waals surface area contributed by atoms with Crippen LogP contribution in [0, 0.1) is 12.7 Å². The second-order valence-electron chi connectivity index (χ2n) is 8.63. The molecule has 37 heavy (non-hydrogen) atoms. The van der Waals surface area contributed by atoms with Gasteiger partial charge in [-0.3, -0.25) is 4.79 Å². The van der Waals surface area contributed by atoms with Crippen molar-refractivity contribution in [2.45, 2.75) is 25.4 Å². The van der Waals surface area contributed by atoms with Crippen LogP contribution in [0.25, 0.3) is 11.3 Å². The zero-order valence-electron chi connectivity index (χ0n) is 21.5. The molecular formula is C28H33FN2O6. The number of rotatable bonds is 13. The van der Waals surface area contributed by atoms with E-state index >= 15 is 0 Å². The van der Waals surface area contributed by atoms with Crippen LogP contribution in [0.15, 0.2) is 48.5 Å². The number of nitrogens with one attached hydrogen (secondary N) is 1. The summed E-state index contributed by atoms with van der Waals surface area (Å²) in [5, 5.41) is 23.6. The van der Waals surface area contributed by atoms with E-state index in [4.69, 9.17) is 19.3 Å². The molecular weight excluding hydrogens is 479 g/mol. The van der Waals surface area contributed by atoms with Crippen molar-refractivity contribution in [2.75, 3.05) is 41.0 Å². The number of carbonyl (C=O) groups excluding carboxylic acids is 1. The lowest BCUT2D eigenvalue weighted by Gasteiger charge is -2.28. The molecule has 0 amide bonds. The first-order valence-electron chi connectivity index (χ1n) is 11.9. The first kappa shape index (κ1) is 28.0. The average Bonchev–Trinajstić information content (AvgIpc) is 2.91. The van der Waals surface area contributed by atoms with Crippen molar-refractivity contribution in [3.8, 4) is 28.5 Å². The van der Waals surface area contributed by atoms with Gasteiger partial charge in [0.25, 0.3) is 0 Å². The van der Waals surface area contributed by atoms with Crippen molar-refractivity contribution in [1.82, 2.24) is 10.3 Å². The number of ether oxygens (including phenoxy) is 3. The highest BCUT2D eigenvalue weighted by molar-refractivity contribution is 5.96. The van der Waals surface area contributed by atoms with Gasteiger partial charge in [-0.05, 0) is 74.5 Å². The number of aliphatic hydroxyl groups is 2. The number of aromatic nitrogens is 1. The van der Waals surface area contributed by atoms with Crippen molar-refractivity contribution in [1.29, 1.82) is 0 Å². The van der Waals surface area contributed by atoms with Crippen molar-refractivity contribution in [3.05, 3.63) is 71.2 Å². The molecule has 0 bridgehead atoms. The molecule has 1 aromatic heterocycles. The number of methoxy groups -OCH3 is 2. The van der Waals surface area contributed by atoms with Crippen LogP contribution in [0.5, 0.6) is 17.2 Å². The molecule has 3 N–H and O–H groups in total. The minimum atomic E-state index is -1.46. The van der Waals surface area contributed by atoms with Gasteiger partial charge in [0.05, 0.1) is 26.5 Å². The van der Waals surface area contributed by atoms with Gasteiger partial charge in [0.2, 0.25) is 0 Å². The molecule has 0 aliphatic carbocycles. The van der Waals surface area contributed by atoms with E-state index in [0.29, 0.717) is 45.3 Å². The first-order chi connectivity index (χ1) is 17.8. The van der Waals surface area contributed by atoms with Gasteiger partial charge in [-0.2, -0.15) is 0 Å². The van der Waals surface area contributed by atoms with E-state index in [9.17, 15) is 14.3 Å². The number of nitrogens with zero attached hydrogens (tertiary/aromatic N) is 1. The number of carbonyl (C=O) groups is 1. The van der Waals surface area contributed by atoms with Gasteiger partial charge in [0.1, 0.15) is 29.5 Å². The monoisotopic (exact) mass is 512 g/mol. The normalized spacial score (nSPS) is 12.6. The minimum Gasteiger partial charge on any atom is -0.494 e. The van der Waals surface area contributed by atoms with E-state index in [-0.39, 0.29) is 44.2 Å². The molecule has 0 aliphatic heterocycles. The molecule has 0 saturated carbocycles. The molecule has 0 fully saturated rings. The van der Waals surface area contributed by atoms with E-state index in [1.165, 1.54) is 20.3 Å². The summed E-state index contributed by atoms with van der Waals surface area (Å²) < 4.78 is 30.1. The Morgan fingerprint density at radius 3 is 2.43 bits per heavy atom. The highest BCUT2D eigenvalue weighted by Crippen LogP contribution is 2.34. The maximum Gasteiger partial charge on any atom is 0.163 e. The maximum absolute atomic E-state index is 13.8. The Morgan fingerprint density at radius 2 is 1.78 bits per heavy atom. The molecule has 0 radical (unpaired) electrons. The molecule has 2 aromatic carbocycles. The quantitative estimate of drug-likeness (QED) is 0.298. The molecule has 0 spiro atoms. The summed E-state index contributed by atoms with van der Waals surface area (Å²) >= 11 is 0. The van der Waals surface area contributed by atoms with Crippen LogP contribution >= 0.6 is 0 Å². The van der Waals surface area contributed by atoms with Gasteiger partial charge in [0.15, 0.2) is 17.3 Å². The minimum absolute atomic E-state index is 0.0386. The highest BCUT2D eigenvalue weighted by atomic mass is 19.1. The Kier molecular flexibility index (Phi) is 9.57. The summed E-state index contributed by atoms with van der Waals surface area (Å²) in [6.07, 6.45) is 0.135. The zero-order chi connectivity index (χ0) is 27.0. The summed E-state index contributed by atoms with van der Waals surface area (Å²) in [6, 6.07) is 12.8. The largest absolute Gasteiger partial charge is 0.494 e. The fourth-order valence-corrected chi connectivity index (χ4v) is 4.05. The van der Waals surface area contributed by atoms with E-state index in [2.05, 4.69) is 10.3 Å². The molecule has 3 aromatic rings. The lowest BCUT2D eigenvalue weighted by molar-refractivity contribution is 0.0232. The molecule has 1 atom stereocenters. The number of aryl methyl sites for hydroxylation is 1. The van der Waals surface area contributed by atoms with E-state index in [1.807, 2.05) is 0 Å². The topological polar surface area (TPSA) is 110 Å². The second-order valence-corrected chi connectivity index (χ2v) is 8.63. The number of hydrogen-bond donors (Lipinski definition) is 3. The smallest absolute Gasteiger partial charge is 0.163 e. The molecule has 0 saturated heterocycles. The number of pyridine rings is 1. The molecule has 1 unspecified atom stereocenters. The Balaban J connectivity index is 1.88. The van der Waals surface area contributed by atoms with Crippen molar-refractivity contribution < 1.29 is 33.6 Å². The summed E-state index contributed by atoms with van der Waals surface area (Å²) in [5.74, 6) is 0.762. The first-order valence-corrected chi connectivity index (χ1v) is 11.9. The fraction of sp³-hybridized carbons (Fsp3) is 0.357. The number of likely N-dealkylation sites (N-methyl/N-ethyl adjacent to an activating group) is 1. The summed E-state index contributed by atoms with van der Waals surface area (Å²) in [6.45, 7) is 1.78. The van der Waals surface area contributed by atoms with Gasteiger partial charge >= 0.3 is 0 Å². The zero-order valence-corrected chi connectivity index (χ0v) is 21.5. The Bertz CT molecular complexity index is 1240. The van der Waals surface area contributed by atoms with Gasteiger partial charge in [-0.25, -0.2) is 9.37 Å². The molecule has 0 aliphatic rings. The highest BCUT2D eigenvalue weighted by Gasteiger charge is 2.32. The number of benzene rings is 2. The molecule has 198 valence electrons. The predicted molar refractivity (Wildman–Crippen MR) is 138 cm³/mol. The van der Waals surface area contributed by atoms with Crippen LogP contribution in [0.1, 0.15) is 34.5 Å². The molecule has 1 heterocycles. The van der Waals surface area contributed by atoms with Crippen molar-refractivity contribution >= 4 is 5.78 Å². The number of ketones is 1. The number of Topliss-reactive ketones (excluding diaryl/α,β-unsaturated/α-hetero) is 1. The van der Waals surface area contributed by atoms with E-state index in [0.717, 1.165) is 0 Å². The number of aliphatic hydroxyl groups excluding tert-OH is 1. The van der Waals surface area contributed by atoms with E-state index in [1.54, 1.807) is 56.4 Å². The molecule has 3 rings (SSSR count). The fourth-order valence-electron chi connectivity index (χ4n) is 4.05. The van der Waals surface area contributed by atoms with Gasteiger partial charge in [-0.1, -0.05) is 0 Å². The van der Waals surface area contributed by atoms with Crippen LogP contribution in [0.2, 0.25) is 0 Å². The number of halogens is 1. The lowest BCUT2D eigenvalue weighted by Crippen LogP contribution is -2.38. The van der Waals surface area contributed by atoms with Gasteiger partial charge in [0, 0.05) is 24.1 Å². The third-order valence-corrected chi connectivity index (χ3v) is 6.06. The van der Waals surface area contributed by atoms with Crippen LogP contribution in [-0.4, -0.2) is 62.0 Å². The van der Waals surface area contributed by atoms with Crippen molar-refractivity contribution in [3.63, 3.8) is 0 Å².